The van der Waals surface area contributed by atoms with E-state index in [1.807, 2.05) is 13.1 Å². The average molecular weight is 375 g/mol. The quantitative estimate of drug-likeness (QED) is 0.607. The van der Waals surface area contributed by atoms with Crippen LogP contribution in [0.25, 0.3) is 0 Å². The van der Waals surface area contributed by atoms with Crippen LogP contribution in [0.15, 0.2) is 29.3 Å². The number of fused-ring (bicyclic) bond motifs is 3. The van der Waals surface area contributed by atoms with Gasteiger partial charge in [0.05, 0.1) is 0 Å². The number of aliphatic imine (C=N–C) groups is 1. The van der Waals surface area contributed by atoms with Crippen LogP contribution >= 0.6 is 0 Å². The molecule has 1 aromatic rings. The van der Waals surface area contributed by atoms with E-state index in [2.05, 4.69) is 30.3 Å². The lowest BCUT2D eigenvalue weighted by atomic mass is 10.0. The van der Waals surface area contributed by atoms with Crippen LogP contribution in [0.5, 0.6) is 0 Å². The van der Waals surface area contributed by atoms with E-state index in [9.17, 15) is 4.39 Å². The molecule has 6 nitrogen and oxygen atoms in total. The summed E-state index contributed by atoms with van der Waals surface area (Å²) < 4.78 is 13.5. The van der Waals surface area contributed by atoms with Crippen LogP contribution in [0.1, 0.15) is 12.8 Å². The number of piperidine rings is 1. The smallest absolute Gasteiger partial charge is 0.191 e. The van der Waals surface area contributed by atoms with Gasteiger partial charge < -0.3 is 15.5 Å². The van der Waals surface area contributed by atoms with Crippen molar-refractivity contribution in [2.45, 2.75) is 24.9 Å². The van der Waals surface area contributed by atoms with Crippen LogP contribution < -0.4 is 15.5 Å². The number of halogens is 1. The maximum Gasteiger partial charge on any atom is 0.191 e. The van der Waals surface area contributed by atoms with Gasteiger partial charge in [-0.1, -0.05) is 6.07 Å². The third-order valence-electron chi connectivity index (χ3n) is 6.06. The van der Waals surface area contributed by atoms with Gasteiger partial charge in [-0.3, -0.25) is 14.8 Å². The summed E-state index contributed by atoms with van der Waals surface area (Å²) >= 11 is 0. The predicted octanol–water partition coefficient (Wildman–Crippen LogP) is 0.959. The summed E-state index contributed by atoms with van der Waals surface area (Å²) in [4.78, 5) is 11.8. The molecule has 1 aromatic carbocycles. The maximum atomic E-state index is 13.5. The Bertz CT molecular complexity index is 658. The van der Waals surface area contributed by atoms with Crippen molar-refractivity contribution >= 4 is 11.6 Å². The number of nitrogens with zero attached hydrogens (tertiary/aromatic N) is 4. The second-order valence-electron chi connectivity index (χ2n) is 7.85. The molecule has 0 spiro atoms. The molecule has 2 bridgehead atoms. The van der Waals surface area contributed by atoms with Crippen LogP contribution in [0.3, 0.4) is 0 Å². The minimum atomic E-state index is -0.174. The number of hydrogen-bond donors (Lipinski definition) is 2. The lowest BCUT2D eigenvalue weighted by molar-refractivity contribution is 0.0154. The van der Waals surface area contributed by atoms with Gasteiger partial charge in [-0.25, -0.2) is 4.39 Å². The Balaban J connectivity index is 1.29. The summed E-state index contributed by atoms with van der Waals surface area (Å²) in [7, 11) is 1.83. The van der Waals surface area contributed by atoms with Gasteiger partial charge in [0.15, 0.2) is 5.96 Å². The topological polar surface area (TPSA) is 46.1 Å². The molecule has 0 radical (unpaired) electrons. The zero-order chi connectivity index (χ0) is 18.6. The van der Waals surface area contributed by atoms with Crippen molar-refractivity contribution < 1.29 is 4.39 Å². The van der Waals surface area contributed by atoms with E-state index in [1.165, 1.54) is 32.2 Å². The Morgan fingerprint density at radius 3 is 2.74 bits per heavy atom. The van der Waals surface area contributed by atoms with E-state index in [4.69, 9.17) is 0 Å². The first-order chi connectivity index (χ1) is 13.2. The van der Waals surface area contributed by atoms with Crippen LogP contribution in [-0.4, -0.2) is 87.2 Å². The van der Waals surface area contributed by atoms with Crippen molar-refractivity contribution in [3.05, 3.63) is 30.1 Å². The molecule has 4 fully saturated rings. The van der Waals surface area contributed by atoms with Crippen molar-refractivity contribution in [3.8, 4) is 0 Å². The molecule has 5 rings (SSSR count). The molecule has 4 heterocycles. The second-order valence-corrected chi connectivity index (χ2v) is 7.85. The van der Waals surface area contributed by atoms with Gasteiger partial charge in [-0.15, -0.1) is 0 Å². The average Bonchev–Trinajstić information content (AvgIpc) is 2.72. The van der Waals surface area contributed by atoms with Crippen LogP contribution in [0, 0.1) is 5.82 Å². The molecule has 2 N–H and O–H groups in total. The molecule has 0 aromatic heterocycles. The summed E-state index contributed by atoms with van der Waals surface area (Å²) in [5.41, 5.74) is 0.963. The molecule has 4 aliphatic rings. The third kappa shape index (κ3) is 4.52. The standard InChI is InChI=1S/C20H31FN6/c1-22-20(23-13-19-15-25-8-10-26(19)11-9-25)24-17-5-3-7-27(14-17)18-6-2-4-16(21)12-18/h2,4,6,12,17,19H,3,5,7-11,13-15H2,1H3,(H2,22,23,24). The minimum absolute atomic E-state index is 0.174. The molecule has 4 saturated heterocycles. The summed E-state index contributed by atoms with van der Waals surface area (Å²) in [6.07, 6.45) is 2.20. The second kappa shape index (κ2) is 8.44. The first-order valence-electron chi connectivity index (χ1n) is 10.2. The van der Waals surface area contributed by atoms with Gasteiger partial charge in [0.1, 0.15) is 5.82 Å². The van der Waals surface area contributed by atoms with E-state index < -0.39 is 0 Å². The Hall–Kier alpha value is -1.86. The number of anilines is 1. The fourth-order valence-corrected chi connectivity index (χ4v) is 4.52. The molecule has 0 saturated carbocycles. The van der Waals surface area contributed by atoms with Crippen molar-refractivity contribution in [1.82, 2.24) is 20.4 Å². The van der Waals surface area contributed by atoms with Crippen molar-refractivity contribution in [3.63, 3.8) is 0 Å². The van der Waals surface area contributed by atoms with E-state index in [0.717, 1.165) is 50.7 Å². The highest BCUT2D eigenvalue weighted by molar-refractivity contribution is 5.80. The van der Waals surface area contributed by atoms with Gasteiger partial charge in [0.25, 0.3) is 0 Å². The van der Waals surface area contributed by atoms with Gasteiger partial charge in [0, 0.05) is 77.2 Å². The fourth-order valence-electron chi connectivity index (χ4n) is 4.52. The summed E-state index contributed by atoms with van der Waals surface area (Å²) in [6.45, 7) is 8.71. The van der Waals surface area contributed by atoms with E-state index >= 15 is 0 Å². The van der Waals surface area contributed by atoms with Crippen LogP contribution in [-0.2, 0) is 0 Å². The predicted molar refractivity (Wildman–Crippen MR) is 108 cm³/mol. The molecule has 2 unspecified atom stereocenters. The molecule has 148 valence electrons. The lowest BCUT2D eigenvalue weighted by Crippen LogP contribution is -2.64. The zero-order valence-corrected chi connectivity index (χ0v) is 16.2. The monoisotopic (exact) mass is 374 g/mol. The largest absolute Gasteiger partial charge is 0.369 e. The number of nitrogens with one attached hydrogen (secondary N) is 2. The van der Waals surface area contributed by atoms with Gasteiger partial charge in [0.2, 0.25) is 0 Å². The molecule has 7 heteroatoms. The molecule has 0 amide bonds. The Kier molecular flexibility index (Phi) is 5.78. The highest BCUT2D eigenvalue weighted by atomic mass is 19.1. The van der Waals surface area contributed by atoms with E-state index in [0.29, 0.717) is 12.1 Å². The molecule has 27 heavy (non-hydrogen) atoms. The normalized spacial score (nSPS) is 31.0. The van der Waals surface area contributed by atoms with Crippen LogP contribution in [0.2, 0.25) is 0 Å². The van der Waals surface area contributed by atoms with Crippen molar-refractivity contribution in [2.75, 3.05) is 64.3 Å². The molecular formula is C20H31FN6. The first kappa shape index (κ1) is 18.5. The number of hydrogen-bond acceptors (Lipinski definition) is 4. The lowest BCUT2D eigenvalue weighted by Gasteiger charge is -2.47. The first-order valence-corrected chi connectivity index (χ1v) is 10.2. The highest BCUT2D eigenvalue weighted by Crippen LogP contribution is 2.21. The fraction of sp³-hybridized carbons (Fsp3) is 0.650. The molecule has 0 aliphatic carbocycles. The molecule has 4 aliphatic heterocycles. The highest BCUT2D eigenvalue weighted by Gasteiger charge is 2.31. The third-order valence-corrected chi connectivity index (χ3v) is 6.06. The molecular weight excluding hydrogens is 343 g/mol. The maximum absolute atomic E-state index is 13.5. The van der Waals surface area contributed by atoms with E-state index in [-0.39, 0.29) is 5.82 Å². The van der Waals surface area contributed by atoms with Crippen molar-refractivity contribution in [1.29, 1.82) is 0 Å². The number of benzene rings is 1. The number of rotatable bonds is 4. The summed E-state index contributed by atoms with van der Waals surface area (Å²) in [6, 6.07) is 7.78. The Labute approximate surface area is 161 Å². The van der Waals surface area contributed by atoms with Gasteiger partial charge >= 0.3 is 0 Å². The SMILES string of the molecule is CN=C(NCC1CN2CCN1CC2)NC1CCCN(c2cccc(F)c2)C1. The van der Waals surface area contributed by atoms with Crippen LogP contribution in [0.4, 0.5) is 10.1 Å². The van der Waals surface area contributed by atoms with E-state index in [1.54, 1.807) is 12.1 Å². The summed E-state index contributed by atoms with van der Waals surface area (Å²) in [5, 5.41) is 7.10. The van der Waals surface area contributed by atoms with Crippen molar-refractivity contribution in [2.24, 2.45) is 4.99 Å². The Morgan fingerprint density at radius 1 is 1.19 bits per heavy atom. The van der Waals surface area contributed by atoms with Gasteiger partial charge in [-0.2, -0.15) is 0 Å². The zero-order valence-electron chi connectivity index (χ0n) is 16.2. The summed E-state index contributed by atoms with van der Waals surface area (Å²) in [5.74, 6) is 0.700. The Morgan fingerprint density at radius 2 is 2.04 bits per heavy atom. The van der Waals surface area contributed by atoms with Gasteiger partial charge in [-0.05, 0) is 31.0 Å². The molecule has 2 atom stereocenters. The number of piperazine rings is 3. The minimum Gasteiger partial charge on any atom is -0.369 e. The number of guanidine groups is 1.